The minimum atomic E-state index is -3.57. The number of hydrogen-bond acceptors (Lipinski definition) is 7. The maximum absolute atomic E-state index is 12.6. The first-order chi connectivity index (χ1) is 14.4. The summed E-state index contributed by atoms with van der Waals surface area (Å²) < 4.78 is 36.8. The maximum Gasteiger partial charge on any atom is 0.331 e. The Balaban J connectivity index is 1.57. The van der Waals surface area contributed by atoms with Crippen molar-refractivity contribution in [2.45, 2.75) is 11.5 Å². The smallest absolute Gasteiger partial charge is 0.331 e. The second kappa shape index (κ2) is 9.61. The lowest BCUT2D eigenvalue weighted by atomic mass is 10.2. The zero-order chi connectivity index (χ0) is 21.6. The van der Waals surface area contributed by atoms with Gasteiger partial charge in [-0.1, -0.05) is 24.3 Å². The second-order valence-corrected chi connectivity index (χ2v) is 8.39. The number of nitro groups is 1. The molecule has 1 aliphatic rings. The molecule has 1 aliphatic heterocycles. The van der Waals surface area contributed by atoms with E-state index in [1.165, 1.54) is 46.8 Å². The van der Waals surface area contributed by atoms with Crippen molar-refractivity contribution >= 4 is 27.8 Å². The Labute approximate surface area is 173 Å². The molecule has 0 unspecified atom stereocenters. The summed E-state index contributed by atoms with van der Waals surface area (Å²) in [4.78, 5) is 22.3. The Morgan fingerprint density at radius 1 is 1.17 bits per heavy atom. The molecule has 30 heavy (non-hydrogen) atoms. The van der Waals surface area contributed by atoms with Crippen LogP contribution >= 0.6 is 0 Å². The molecule has 10 heteroatoms. The molecule has 9 nitrogen and oxygen atoms in total. The predicted molar refractivity (Wildman–Crippen MR) is 108 cm³/mol. The molecule has 0 amide bonds. The molecule has 0 atom stereocenters. The highest BCUT2D eigenvalue weighted by molar-refractivity contribution is 7.89. The number of rotatable bonds is 7. The van der Waals surface area contributed by atoms with Gasteiger partial charge in [0.15, 0.2) is 0 Å². The van der Waals surface area contributed by atoms with Crippen LogP contribution in [0.5, 0.6) is 0 Å². The Morgan fingerprint density at radius 3 is 2.53 bits per heavy atom. The average Bonchev–Trinajstić information content (AvgIpc) is 2.77. The normalized spacial score (nSPS) is 15.2. The minimum absolute atomic E-state index is 0.0776. The minimum Gasteiger partial charge on any atom is -0.458 e. The van der Waals surface area contributed by atoms with Crippen molar-refractivity contribution in [2.75, 3.05) is 26.3 Å². The highest BCUT2D eigenvalue weighted by Gasteiger charge is 2.25. The zero-order valence-electron chi connectivity index (χ0n) is 16.0. The Hall–Kier alpha value is -3.08. The molecule has 1 fully saturated rings. The molecule has 0 aromatic heterocycles. The fourth-order valence-electron chi connectivity index (χ4n) is 2.81. The number of benzene rings is 2. The van der Waals surface area contributed by atoms with Gasteiger partial charge in [0.05, 0.1) is 23.0 Å². The number of sulfonamides is 1. The highest BCUT2D eigenvalue weighted by atomic mass is 32.2. The van der Waals surface area contributed by atoms with Gasteiger partial charge in [-0.15, -0.1) is 0 Å². The van der Waals surface area contributed by atoms with E-state index in [1.807, 2.05) is 0 Å². The van der Waals surface area contributed by atoms with Crippen LogP contribution in [0.25, 0.3) is 6.08 Å². The SMILES string of the molecule is O=C(C=Cc1ccc(S(=O)(=O)N2CCOCC2)cc1)OCc1cccc([N+](=O)[O-])c1. The maximum atomic E-state index is 12.6. The van der Waals surface area contributed by atoms with Gasteiger partial charge in [-0.05, 0) is 29.3 Å². The number of nitro benzene ring substituents is 1. The quantitative estimate of drug-likeness (QED) is 0.285. The molecule has 0 spiro atoms. The lowest BCUT2D eigenvalue weighted by molar-refractivity contribution is -0.384. The number of carbonyl (C=O) groups excluding carboxylic acids is 1. The Morgan fingerprint density at radius 2 is 1.87 bits per heavy atom. The Kier molecular flexibility index (Phi) is 6.93. The van der Waals surface area contributed by atoms with Crippen molar-refractivity contribution in [1.29, 1.82) is 0 Å². The van der Waals surface area contributed by atoms with Gasteiger partial charge in [-0.3, -0.25) is 10.1 Å². The molecule has 2 aromatic carbocycles. The first-order valence-electron chi connectivity index (χ1n) is 9.12. The third-order valence-corrected chi connectivity index (χ3v) is 6.32. The van der Waals surface area contributed by atoms with Crippen LogP contribution < -0.4 is 0 Å². The average molecular weight is 432 g/mol. The predicted octanol–water partition coefficient (Wildman–Crippen LogP) is 2.37. The van der Waals surface area contributed by atoms with Gasteiger partial charge in [0, 0.05) is 31.3 Å². The Bertz CT molecular complexity index is 1040. The highest BCUT2D eigenvalue weighted by Crippen LogP contribution is 2.18. The van der Waals surface area contributed by atoms with E-state index in [4.69, 9.17) is 9.47 Å². The van der Waals surface area contributed by atoms with Gasteiger partial charge in [0.1, 0.15) is 6.61 Å². The van der Waals surface area contributed by atoms with Crippen molar-refractivity contribution in [3.63, 3.8) is 0 Å². The molecule has 0 bridgehead atoms. The van der Waals surface area contributed by atoms with Crippen LogP contribution in [-0.2, 0) is 30.9 Å². The molecule has 1 saturated heterocycles. The fourth-order valence-corrected chi connectivity index (χ4v) is 4.22. The van der Waals surface area contributed by atoms with E-state index in [2.05, 4.69) is 0 Å². The molecule has 158 valence electrons. The van der Waals surface area contributed by atoms with Crippen LogP contribution in [0.1, 0.15) is 11.1 Å². The van der Waals surface area contributed by atoms with Gasteiger partial charge in [-0.2, -0.15) is 4.31 Å². The summed E-state index contributed by atoms with van der Waals surface area (Å²) in [5.41, 5.74) is 1.05. The molecule has 3 rings (SSSR count). The summed E-state index contributed by atoms with van der Waals surface area (Å²) in [6.45, 7) is 1.29. The second-order valence-electron chi connectivity index (χ2n) is 6.45. The standard InChI is InChI=1S/C20H20N2O7S/c23-20(29-15-17-2-1-3-18(14-17)22(24)25)9-6-16-4-7-19(8-5-16)30(26,27)21-10-12-28-13-11-21/h1-9,14H,10-13,15H2. The van der Waals surface area contributed by atoms with Crippen LogP contribution in [0, 0.1) is 10.1 Å². The first-order valence-corrected chi connectivity index (χ1v) is 10.6. The summed E-state index contributed by atoms with van der Waals surface area (Å²) in [6, 6.07) is 12.0. The van der Waals surface area contributed by atoms with E-state index in [-0.39, 0.29) is 17.2 Å². The summed E-state index contributed by atoms with van der Waals surface area (Å²) in [6.07, 6.45) is 2.71. The van der Waals surface area contributed by atoms with Crippen molar-refractivity contribution in [3.05, 3.63) is 75.8 Å². The summed E-state index contributed by atoms with van der Waals surface area (Å²) >= 11 is 0. The van der Waals surface area contributed by atoms with Crippen LogP contribution in [0.2, 0.25) is 0 Å². The van der Waals surface area contributed by atoms with Crippen molar-refractivity contribution in [2.24, 2.45) is 0 Å². The monoisotopic (exact) mass is 432 g/mol. The van der Waals surface area contributed by atoms with Gasteiger partial charge >= 0.3 is 5.97 Å². The molecule has 2 aromatic rings. The van der Waals surface area contributed by atoms with Crippen molar-refractivity contribution in [1.82, 2.24) is 4.31 Å². The number of morpholine rings is 1. The number of non-ortho nitro benzene ring substituents is 1. The van der Waals surface area contributed by atoms with Gasteiger partial charge in [0.25, 0.3) is 5.69 Å². The van der Waals surface area contributed by atoms with Crippen molar-refractivity contribution in [3.8, 4) is 0 Å². The third-order valence-electron chi connectivity index (χ3n) is 4.40. The van der Waals surface area contributed by atoms with Crippen molar-refractivity contribution < 1.29 is 27.6 Å². The molecule has 0 saturated carbocycles. The van der Waals surface area contributed by atoms with Crippen LogP contribution in [0.15, 0.2) is 59.5 Å². The zero-order valence-corrected chi connectivity index (χ0v) is 16.8. The lowest BCUT2D eigenvalue weighted by Gasteiger charge is -2.26. The molecule has 0 aliphatic carbocycles. The number of hydrogen-bond donors (Lipinski definition) is 0. The summed E-state index contributed by atoms with van der Waals surface area (Å²) in [5.74, 6) is -0.619. The van der Waals surface area contributed by atoms with E-state index < -0.39 is 20.9 Å². The van der Waals surface area contributed by atoms with E-state index in [0.717, 1.165) is 0 Å². The largest absolute Gasteiger partial charge is 0.458 e. The first kappa shape index (κ1) is 21.6. The van der Waals surface area contributed by atoms with Gasteiger partial charge in [-0.25, -0.2) is 13.2 Å². The summed E-state index contributed by atoms with van der Waals surface area (Å²) in [5, 5.41) is 10.8. The third kappa shape index (κ3) is 5.50. The topological polar surface area (TPSA) is 116 Å². The molecule has 1 heterocycles. The number of carbonyl (C=O) groups is 1. The molecular weight excluding hydrogens is 412 g/mol. The molecule has 0 N–H and O–H groups in total. The van der Waals surface area contributed by atoms with Crippen LogP contribution in [0.4, 0.5) is 5.69 Å². The van der Waals surface area contributed by atoms with E-state index in [9.17, 15) is 23.3 Å². The van der Waals surface area contributed by atoms with E-state index in [0.29, 0.717) is 37.4 Å². The van der Waals surface area contributed by atoms with Gasteiger partial charge < -0.3 is 9.47 Å². The number of esters is 1. The van der Waals surface area contributed by atoms with E-state index >= 15 is 0 Å². The van der Waals surface area contributed by atoms with E-state index in [1.54, 1.807) is 18.2 Å². The number of nitrogens with zero attached hydrogens (tertiary/aromatic N) is 2. The summed E-state index contributed by atoms with van der Waals surface area (Å²) in [7, 11) is -3.57. The molecule has 0 radical (unpaired) electrons. The van der Waals surface area contributed by atoms with Crippen LogP contribution in [-0.4, -0.2) is 49.9 Å². The lowest BCUT2D eigenvalue weighted by Crippen LogP contribution is -2.40. The van der Waals surface area contributed by atoms with Gasteiger partial charge in [0.2, 0.25) is 10.0 Å². The molecular formula is C20H20N2O7S. The van der Waals surface area contributed by atoms with Crippen LogP contribution in [0.3, 0.4) is 0 Å². The number of ether oxygens (including phenoxy) is 2. The fraction of sp³-hybridized carbons (Fsp3) is 0.250.